The highest BCUT2D eigenvalue weighted by atomic mass is 16.2. The average Bonchev–Trinajstić information content (AvgIpc) is 3.17. The molecule has 1 heterocycles. The SMILES string of the molecule is Cc1[nH]c2ccccc2c1CCC(=O)N[C@@H](Cc1ccccc1)C(=O)N(C)c1ccccc1. The van der Waals surface area contributed by atoms with Crippen LogP contribution in [0.2, 0.25) is 0 Å². The molecular formula is C28H29N3O2. The lowest BCUT2D eigenvalue weighted by atomic mass is 10.0. The number of rotatable bonds is 8. The molecule has 1 aromatic heterocycles. The van der Waals surface area contributed by atoms with E-state index in [4.69, 9.17) is 0 Å². The van der Waals surface area contributed by atoms with Crippen molar-refractivity contribution in [3.8, 4) is 0 Å². The van der Waals surface area contributed by atoms with Crippen molar-refractivity contribution in [3.63, 3.8) is 0 Å². The van der Waals surface area contributed by atoms with E-state index in [1.807, 2.05) is 85.8 Å². The minimum absolute atomic E-state index is 0.129. The minimum atomic E-state index is -0.644. The van der Waals surface area contributed by atoms with Crippen LogP contribution >= 0.6 is 0 Å². The molecule has 0 fully saturated rings. The molecule has 33 heavy (non-hydrogen) atoms. The van der Waals surface area contributed by atoms with Crippen LogP contribution in [0.5, 0.6) is 0 Å². The quantitative estimate of drug-likeness (QED) is 0.414. The third kappa shape index (κ3) is 5.32. The van der Waals surface area contributed by atoms with Gasteiger partial charge in [0.1, 0.15) is 6.04 Å². The number of carbonyl (C=O) groups excluding carboxylic acids is 2. The number of hydrogen-bond acceptors (Lipinski definition) is 2. The maximum absolute atomic E-state index is 13.4. The number of nitrogens with zero attached hydrogens (tertiary/aromatic N) is 1. The van der Waals surface area contributed by atoms with Gasteiger partial charge in [-0.2, -0.15) is 0 Å². The van der Waals surface area contributed by atoms with Gasteiger partial charge in [0.15, 0.2) is 0 Å². The molecule has 4 rings (SSSR count). The molecule has 1 atom stereocenters. The first-order valence-electron chi connectivity index (χ1n) is 11.2. The van der Waals surface area contributed by atoms with E-state index < -0.39 is 6.04 Å². The monoisotopic (exact) mass is 439 g/mol. The molecule has 0 unspecified atom stereocenters. The summed E-state index contributed by atoms with van der Waals surface area (Å²) in [5.74, 6) is -0.267. The van der Waals surface area contributed by atoms with Crippen LogP contribution in [0.25, 0.3) is 10.9 Å². The Bertz CT molecular complexity index is 1230. The average molecular weight is 440 g/mol. The molecular weight excluding hydrogens is 410 g/mol. The van der Waals surface area contributed by atoms with Gasteiger partial charge >= 0.3 is 0 Å². The van der Waals surface area contributed by atoms with E-state index in [0.717, 1.165) is 33.4 Å². The number of para-hydroxylation sites is 2. The molecule has 0 spiro atoms. The molecule has 4 aromatic rings. The van der Waals surface area contributed by atoms with Crippen molar-refractivity contribution in [2.24, 2.45) is 0 Å². The summed E-state index contributed by atoms with van der Waals surface area (Å²) < 4.78 is 0. The predicted molar refractivity (Wildman–Crippen MR) is 133 cm³/mol. The van der Waals surface area contributed by atoms with Crippen LogP contribution in [0.4, 0.5) is 5.69 Å². The predicted octanol–water partition coefficient (Wildman–Crippen LogP) is 4.80. The van der Waals surface area contributed by atoms with Gasteiger partial charge in [0, 0.05) is 42.2 Å². The maximum Gasteiger partial charge on any atom is 0.249 e. The highest BCUT2D eigenvalue weighted by Gasteiger charge is 2.25. The van der Waals surface area contributed by atoms with E-state index in [9.17, 15) is 9.59 Å². The van der Waals surface area contributed by atoms with Gasteiger partial charge in [-0.1, -0.05) is 66.7 Å². The molecule has 3 aromatic carbocycles. The lowest BCUT2D eigenvalue weighted by molar-refractivity contribution is -0.127. The lowest BCUT2D eigenvalue weighted by Crippen LogP contribution is -2.48. The Morgan fingerprint density at radius 1 is 0.909 bits per heavy atom. The summed E-state index contributed by atoms with van der Waals surface area (Å²) in [6.07, 6.45) is 1.37. The van der Waals surface area contributed by atoms with Gasteiger partial charge in [-0.05, 0) is 42.7 Å². The van der Waals surface area contributed by atoms with E-state index in [1.54, 1.807) is 11.9 Å². The lowest BCUT2D eigenvalue weighted by Gasteiger charge is -2.25. The molecule has 5 heteroatoms. The van der Waals surface area contributed by atoms with E-state index in [0.29, 0.717) is 19.3 Å². The van der Waals surface area contributed by atoms with Gasteiger partial charge in [0.05, 0.1) is 0 Å². The van der Waals surface area contributed by atoms with Crippen LogP contribution in [0, 0.1) is 6.92 Å². The standard InChI is InChI=1S/C28H29N3O2/c1-20-23(24-15-9-10-16-25(24)29-20)17-18-27(32)30-26(19-21-11-5-3-6-12-21)28(33)31(2)22-13-7-4-8-14-22/h3-16,26,29H,17-19H2,1-2H3,(H,30,32)/t26-/m0/s1. The largest absolute Gasteiger partial charge is 0.358 e. The number of aromatic nitrogens is 1. The van der Waals surface area contributed by atoms with E-state index >= 15 is 0 Å². The number of carbonyl (C=O) groups is 2. The molecule has 0 aliphatic rings. The fourth-order valence-electron chi connectivity index (χ4n) is 4.22. The second-order valence-electron chi connectivity index (χ2n) is 8.32. The van der Waals surface area contributed by atoms with Gasteiger partial charge in [-0.3, -0.25) is 9.59 Å². The fourth-order valence-corrected chi connectivity index (χ4v) is 4.22. The molecule has 0 aliphatic heterocycles. The second kappa shape index (κ2) is 10.2. The third-order valence-electron chi connectivity index (χ3n) is 6.02. The molecule has 2 N–H and O–H groups in total. The van der Waals surface area contributed by atoms with E-state index in [1.165, 1.54) is 0 Å². The smallest absolute Gasteiger partial charge is 0.249 e. The number of anilines is 1. The van der Waals surface area contributed by atoms with Gasteiger partial charge < -0.3 is 15.2 Å². The Hall–Kier alpha value is -3.86. The Morgan fingerprint density at radius 2 is 1.55 bits per heavy atom. The van der Waals surface area contributed by atoms with Gasteiger partial charge in [0.2, 0.25) is 11.8 Å². The molecule has 5 nitrogen and oxygen atoms in total. The van der Waals surface area contributed by atoms with Crippen LogP contribution in [0.1, 0.15) is 23.2 Å². The molecule has 0 radical (unpaired) electrons. The van der Waals surface area contributed by atoms with Crippen LogP contribution in [0.3, 0.4) is 0 Å². The number of H-pyrrole nitrogens is 1. The summed E-state index contributed by atoms with van der Waals surface area (Å²) in [7, 11) is 1.75. The summed E-state index contributed by atoms with van der Waals surface area (Å²) >= 11 is 0. The van der Waals surface area contributed by atoms with Gasteiger partial charge in [-0.25, -0.2) is 0 Å². The Kier molecular flexibility index (Phi) is 6.89. The molecule has 2 amide bonds. The van der Waals surface area contributed by atoms with Crippen LogP contribution in [-0.2, 0) is 22.4 Å². The number of fused-ring (bicyclic) bond motifs is 1. The fraction of sp³-hybridized carbons (Fsp3) is 0.214. The molecule has 168 valence electrons. The Balaban J connectivity index is 1.48. The topological polar surface area (TPSA) is 65.2 Å². The number of nitrogens with one attached hydrogen (secondary N) is 2. The van der Waals surface area contributed by atoms with Crippen LogP contribution < -0.4 is 10.2 Å². The first kappa shape index (κ1) is 22.3. The summed E-state index contributed by atoms with van der Waals surface area (Å²) in [6, 6.07) is 26.7. The number of hydrogen-bond donors (Lipinski definition) is 2. The zero-order valence-corrected chi connectivity index (χ0v) is 19.0. The first-order valence-corrected chi connectivity index (χ1v) is 11.2. The number of aryl methyl sites for hydroxylation is 2. The Morgan fingerprint density at radius 3 is 2.27 bits per heavy atom. The molecule has 0 saturated carbocycles. The van der Waals surface area contributed by atoms with Crippen LogP contribution in [-0.4, -0.2) is 29.9 Å². The number of likely N-dealkylation sites (N-methyl/N-ethyl adjacent to an activating group) is 1. The van der Waals surface area contributed by atoms with Crippen molar-refractivity contribution in [2.75, 3.05) is 11.9 Å². The second-order valence-corrected chi connectivity index (χ2v) is 8.32. The van der Waals surface area contributed by atoms with Crippen LogP contribution in [0.15, 0.2) is 84.9 Å². The van der Waals surface area contributed by atoms with Gasteiger partial charge in [-0.15, -0.1) is 0 Å². The summed E-state index contributed by atoms with van der Waals surface area (Å²) in [5.41, 5.74) is 5.10. The van der Waals surface area contributed by atoms with Crippen molar-refractivity contribution >= 4 is 28.4 Å². The number of aromatic amines is 1. The summed E-state index contributed by atoms with van der Waals surface area (Å²) in [6.45, 7) is 2.03. The van der Waals surface area contributed by atoms with E-state index in [2.05, 4.69) is 16.4 Å². The zero-order valence-electron chi connectivity index (χ0n) is 19.0. The third-order valence-corrected chi connectivity index (χ3v) is 6.02. The van der Waals surface area contributed by atoms with Crippen molar-refractivity contribution < 1.29 is 9.59 Å². The zero-order chi connectivity index (χ0) is 23.2. The van der Waals surface area contributed by atoms with Crippen molar-refractivity contribution in [2.45, 2.75) is 32.2 Å². The van der Waals surface area contributed by atoms with Crippen molar-refractivity contribution in [3.05, 3.63) is 102 Å². The first-order chi connectivity index (χ1) is 16.0. The summed E-state index contributed by atoms with van der Waals surface area (Å²) in [4.78, 5) is 31.3. The van der Waals surface area contributed by atoms with Crippen molar-refractivity contribution in [1.29, 1.82) is 0 Å². The molecule has 0 saturated heterocycles. The minimum Gasteiger partial charge on any atom is -0.358 e. The van der Waals surface area contributed by atoms with Crippen molar-refractivity contribution in [1.82, 2.24) is 10.3 Å². The molecule has 0 aliphatic carbocycles. The molecule has 0 bridgehead atoms. The van der Waals surface area contributed by atoms with E-state index in [-0.39, 0.29) is 11.8 Å². The highest BCUT2D eigenvalue weighted by Crippen LogP contribution is 2.23. The maximum atomic E-state index is 13.4. The normalized spacial score (nSPS) is 11.8. The Labute approximate surface area is 194 Å². The van der Waals surface area contributed by atoms with Gasteiger partial charge in [0.25, 0.3) is 0 Å². The highest BCUT2D eigenvalue weighted by molar-refractivity contribution is 5.99. The number of benzene rings is 3. The summed E-state index contributed by atoms with van der Waals surface area (Å²) in [5, 5.41) is 4.15. The number of amides is 2.